The molecule has 0 radical (unpaired) electrons. The molecule has 0 fully saturated rings. The zero-order chi connectivity index (χ0) is 23.0. The van der Waals surface area contributed by atoms with E-state index in [1.807, 2.05) is 67.6 Å². The second-order valence-electron chi connectivity index (χ2n) is 7.21. The number of benzene rings is 3. The van der Waals surface area contributed by atoms with Crippen LogP contribution in [0.15, 0.2) is 84.0 Å². The number of ether oxygens (including phenoxy) is 1. The summed E-state index contributed by atoms with van der Waals surface area (Å²) in [7, 11) is -3.65. The van der Waals surface area contributed by atoms with E-state index in [1.165, 1.54) is 6.21 Å². The number of aryl methyl sites for hydroxylation is 1. The normalized spacial score (nSPS) is 11.3. The van der Waals surface area contributed by atoms with E-state index >= 15 is 0 Å². The van der Waals surface area contributed by atoms with E-state index in [1.54, 1.807) is 18.2 Å². The highest BCUT2D eigenvalue weighted by atomic mass is 32.2. The number of carbonyl (C=O) groups is 1. The van der Waals surface area contributed by atoms with Crippen molar-refractivity contribution in [2.75, 3.05) is 17.1 Å². The fraction of sp³-hybridized carbons (Fsp3) is 0.167. The Hall–Kier alpha value is -3.65. The molecule has 0 saturated heterocycles. The highest BCUT2D eigenvalue weighted by Gasteiger charge is 2.20. The van der Waals surface area contributed by atoms with E-state index in [2.05, 4.69) is 10.5 Å². The summed E-state index contributed by atoms with van der Waals surface area (Å²) >= 11 is 0. The Bertz CT molecular complexity index is 1190. The molecule has 1 amide bonds. The number of rotatable bonds is 9. The lowest BCUT2D eigenvalue weighted by molar-refractivity contribution is -0.119. The van der Waals surface area contributed by atoms with Crippen LogP contribution in [0.2, 0.25) is 0 Å². The van der Waals surface area contributed by atoms with Gasteiger partial charge in [-0.1, -0.05) is 54.6 Å². The van der Waals surface area contributed by atoms with Crippen molar-refractivity contribution < 1.29 is 17.9 Å². The van der Waals surface area contributed by atoms with E-state index in [0.29, 0.717) is 23.6 Å². The fourth-order valence-corrected chi connectivity index (χ4v) is 3.82. The van der Waals surface area contributed by atoms with Crippen LogP contribution in [0.5, 0.6) is 5.75 Å². The first-order valence-corrected chi connectivity index (χ1v) is 11.8. The molecule has 3 rings (SSSR count). The first kappa shape index (κ1) is 23.0. The van der Waals surface area contributed by atoms with E-state index in [-0.39, 0.29) is 6.54 Å². The zero-order valence-electron chi connectivity index (χ0n) is 17.9. The van der Waals surface area contributed by atoms with Crippen LogP contribution in [-0.2, 0) is 21.4 Å². The molecular weight excluding hydrogens is 426 g/mol. The van der Waals surface area contributed by atoms with Gasteiger partial charge in [0.2, 0.25) is 10.0 Å². The summed E-state index contributed by atoms with van der Waals surface area (Å²) in [6, 6.07) is 24.0. The predicted molar refractivity (Wildman–Crippen MR) is 126 cm³/mol. The Kier molecular flexibility index (Phi) is 7.62. The van der Waals surface area contributed by atoms with Crippen molar-refractivity contribution in [3.05, 3.63) is 95.6 Å². The van der Waals surface area contributed by atoms with Gasteiger partial charge >= 0.3 is 0 Å². The second-order valence-corrected chi connectivity index (χ2v) is 9.12. The second kappa shape index (κ2) is 10.6. The molecule has 0 unspecified atom stereocenters. The summed E-state index contributed by atoms with van der Waals surface area (Å²) in [5.74, 6) is 0.0581. The Balaban J connectivity index is 1.64. The summed E-state index contributed by atoms with van der Waals surface area (Å²) in [6.07, 6.45) is 2.53. The van der Waals surface area contributed by atoms with Gasteiger partial charge in [-0.3, -0.25) is 9.10 Å². The number of nitrogens with zero attached hydrogens (tertiary/aromatic N) is 2. The van der Waals surface area contributed by atoms with E-state index in [0.717, 1.165) is 21.7 Å². The fourth-order valence-electron chi connectivity index (χ4n) is 2.98. The number of amides is 1. The molecule has 8 heteroatoms. The Morgan fingerprint density at radius 2 is 1.75 bits per heavy atom. The number of hydrogen-bond donors (Lipinski definition) is 1. The van der Waals surface area contributed by atoms with Gasteiger partial charge in [-0.05, 0) is 42.3 Å². The molecule has 0 saturated carbocycles. The minimum atomic E-state index is -3.65. The number of anilines is 1. The van der Waals surface area contributed by atoms with Crippen LogP contribution in [0.4, 0.5) is 5.69 Å². The van der Waals surface area contributed by atoms with Gasteiger partial charge in [0.1, 0.15) is 18.9 Å². The molecule has 0 spiro atoms. The molecule has 3 aromatic rings. The minimum absolute atomic E-state index is 0.383. The Morgan fingerprint density at radius 1 is 1.03 bits per heavy atom. The van der Waals surface area contributed by atoms with Crippen molar-refractivity contribution in [2.24, 2.45) is 5.10 Å². The quantitative estimate of drug-likeness (QED) is 0.398. The monoisotopic (exact) mass is 451 g/mol. The Morgan fingerprint density at radius 3 is 2.47 bits per heavy atom. The van der Waals surface area contributed by atoms with Crippen molar-refractivity contribution in [3.63, 3.8) is 0 Å². The van der Waals surface area contributed by atoms with Gasteiger partial charge in [0, 0.05) is 5.56 Å². The first-order chi connectivity index (χ1) is 15.3. The highest BCUT2D eigenvalue weighted by molar-refractivity contribution is 7.92. The number of nitrogens with one attached hydrogen (secondary N) is 1. The van der Waals surface area contributed by atoms with Crippen LogP contribution in [0.25, 0.3) is 0 Å². The average Bonchev–Trinajstić information content (AvgIpc) is 2.77. The van der Waals surface area contributed by atoms with E-state index in [4.69, 9.17) is 4.74 Å². The van der Waals surface area contributed by atoms with Crippen molar-refractivity contribution in [1.29, 1.82) is 0 Å². The standard InChI is InChI=1S/C24H25N3O4S/c1-19-9-8-13-22(15-19)27(32(2,29)30)17-24(28)26-25-16-21-12-6-7-14-23(21)31-18-20-10-4-3-5-11-20/h3-16H,17-18H2,1-2H3,(H,26,28)/b25-16-. The molecular formula is C24H25N3O4S. The summed E-state index contributed by atoms with van der Waals surface area (Å²) < 4.78 is 31.3. The lowest BCUT2D eigenvalue weighted by Gasteiger charge is -2.21. The zero-order valence-corrected chi connectivity index (χ0v) is 18.7. The van der Waals surface area contributed by atoms with Crippen LogP contribution < -0.4 is 14.5 Å². The molecule has 1 N–H and O–H groups in total. The Labute approximate surface area is 188 Å². The van der Waals surface area contributed by atoms with Gasteiger partial charge in [0.05, 0.1) is 18.2 Å². The summed E-state index contributed by atoms with van der Waals surface area (Å²) in [6.45, 7) is 1.87. The van der Waals surface area contributed by atoms with Crippen molar-refractivity contribution in [3.8, 4) is 5.75 Å². The molecule has 3 aromatic carbocycles. The molecule has 0 aliphatic heterocycles. The SMILES string of the molecule is Cc1cccc(N(CC(=O)N/N=C\c2ccccc2OCc2ccccc2)S(C)(=O)=O)c1. The molecule has 0 aliphatic carbocycles. The van der Waals surface area contributed by atoms with E-state index < -0.39 is 15.9 Å². The minimum Gasteiger partial charge on any atom is -0.488 e. The number of para-hydroxylation sites is 1. The summed E-state index contributed by atoms with van der Waals surface area (Å²) in [5.41, 5.74) is 5.42. The van der Waals surface area contributed by atoms with Crippen molar-refractivity contribution in [2.45, 2.75) is 13.5 Å². The third-order valence-corrected chi connectivity index (χ3v) is 5.67. The predicted octanol–water partition coefficient (Wildman–Crippen LogP) is 3.49. The molecule has 0 heterocycles. The van der Waals surface area contributed by atoms with Gasteiger partial charge in [-0.2, -0.15) is 5.10 Å². The number of carbonyl (C=O) groups excluding carboxylic acids is 1. The van der Waals surface area contributed by atoms with Crippen LogP contribution in [0.1, 0.15) is 16.7 Å². The van der Waals surface area contributed by atoms with Crippen molar-refractivity contribution >= 4 is 27.8 Å². The number of hydrazone groups is 1. The van der Waals surface area contributed by atoms with Gasteiger partial charge in [-0.15, -0.1) is 0 Å². The molecule has 0 bridgehead atoms. The third kappa shape index (κ3) is 6.68. The van der Waals surface area contributed by atoms with Gasteiger partial charge in [0.15, 0.2) is 0 Å². The maximum atomic E-state index is 12.4. The molecule has 7 nitrogen and oxygen atoms in total. The third-order valence-electron chi connectivity index (χ3n) is 4.53. The molecule has 32 heavy (non-hydrogen) atoms. The lowest BCUT2D eigenvalue weighted by atomic mass is 10.2. The first-order valence-electron chi connectivity index (χ1n) is 9.95. The lowest BCUT2D eigenvalue weighted by Crippen LogP contribution is -2.39. The van der Waals surface area contributed by atoms with Crippen LogP contribution in [-0.4, -0.2) is 33.3 Å². The molecule has 0 aliphatic rings. The smallest absolute Gasteiger partial charge is 0.260 e. The highest BCUT2D eigenvalue weighted by Crippen LogP contribution is 2.19. The molecule has 166 valence electrons. The largest absolute Gasteiger partial charge is 0.488 e. The van der Waals surface area contributed by atoms with Gasteiger partial charge < -0.3 is 4.74 Å². The summed E-state index contributed by atoms with van der Waals surface area (Å²) in [4.78, 5) is 12.4. The topological polar surface area (TPSA) is 88.1 Å². The molecule has 0 aromatic heterocycles. The van der Waals surface area contributed by atoms with Crippen LogP contribution in [0.3, 0.4) is 0 Å². The van der Waals surface area contributed by atoms with Crippen molar-refractivity contribution in [1.82, 2.24) is 5.43 Å². The number of sulfonamides is 1. The maximum Gasteiger partial charge on any atom is 0.260 e. The average molecular weight is 452 g/mol. The van der Waals surface area contributed by atoms with E-state index in [9.17, 15) is 13.2 Å². The van der Waals surface area contributed by atoms with Crippen LogP contribution in [0, 0.1) is 6.92 Å². The maximum absolute atomic E-state index is 12.4. The summed E-state index contributed by atoms with van der Waals surface area (Å²) in [5, 5.41) is 3.98. The van der Waals surface area contributed by atoms with Gasteiger partial charge in [-0.25, -0.2) is 13.8 Å². The van der Waals surface area contributed by atoms with Crippen LogP contribution >= 0.6 is 0 Å². The number of hydrogen-bond acceptors (Lipinski definition) is 5. The molecule has 0 atom stereocenters. The van der Waals surface area contributed by atoms with Gasteiger partial charge in [0.25, 0.3) is 5.91 Å².